The molecule has 0 heterocycles. The number of allylic oxidation sites excluding steroid dienone is 2. The lowest BCUT2D eigenvalue weighted by Crippen LogP contribution is -2.02. The van der Waals surface area contributed by atoms with Crippen LogP contribution in [-0.4, -0.2) is 8.42 Å². The summed E-state index contributed by atoms with van der Waals surface area (Å²) in [5, 5.41) is 0. The van der Waals surface area contributed by atoms with Crippen molar-refractivity contribution in [2.45, 2.75) is 32.1 Å². The zero-order chi connectivity index (χ0) is 11.5. The summed E-state index contributed by atoms with van der Waals surface area (Å²) in [5.74, 6) is 0. The molecule has 82 valence electrons. The molecule has 0 unspecified atom stereocenters. The van der Waals surface area contributed by atoms with Crippen molar-refractivity contribution in [3.05, 3.63) is 40.8 Å². The van der Waals surface area contributed by atoms with E-state index in [1.807, 2.05) is 26.0 Å². The highest BCUT2D eigenvalue weighted by atomic mass is 32.2. The van der Waals surface area contributed by atoms with Crippen molar-refractivity contribution in [1.82, 2.24) is 0 Å². The van der Waals surface area contributed by atoms with Gasteiger partial charge in [-0.1, -0.05) is 30.7 Å². The van der Waals surface area contributed by atoms with Crippen molar-refractivity contribution in [2.24, 2.45) is 0 Å². The fourth-order valence-electron chi connectivity index (χ4n) is 1.30. The maximum absolute atomic E-state index is 12.0. The van der Waals surface area contributed by atoms with Gasteiger partial charge in [-0.3, -0.25) is 0 Å². The first kappa shape index (κ1) is 12.0. The lowest BCUT2D eigenvalue weighted by Gasteiger charge is -2.04. The SMILES string of the molecule is CC/C=C(/C)S(=O)(=O)c1ccc(C)cc1. The molecule has 1 rings (SSSR count). The first-order chi connectivity index (χ1) is 6.98. The molecule has 0 bridgehead atoms. The summed E-state index contributed by atoms with van der Waals surface area (Å²) in [6.07, 6.45) is 2.46. The molecular formula is C12H16O2S. The normalized spacial score (nSPS) is 12.9. The molecule has 0 aliphatic rings. The van der Waals surface area contributed by atoms with Crippen molar-refractivity contribution in [3.63, 3.8) is 0 Å². The van der Waals surface area contributed by atoms with Crippen LogP contribution in [0.5, 0.6) is 0 Å². The van der Waals surface area contributed by atoms with Crippen LogP contribution in [0.25, 0.3) is 0 Å². The van der Waals surface area contributed by atoms with Crippen LogP contribution in [0.2, 0.25) is 0 Å². The summed E-state index contributed by atoms with van der Waals surface area (Å²) in [7, 11) is -3.26. The van der Waals surface area contributed by atoms with Gasteiger partial charge in [0.2, 0.25) is 9.84 Å². The zero-order valence-corrected chi connectivity index (χ0v) is 10.1. The van der Waals surface area contributed by atoms with E-state index < -0.39 is 9.84 Å². The highest BCUT2D eigenvalue weighted by Gasteiger charge is 2.15. The van der Waals surface area contributed by atoms with Crippen molar-refractivity contribution < 1.29 is 8.42 Å². The summed E-state index contributed by atoms with van der Waals surface area (Å²) < 4.78 is 23.9. The topological polar surface area (TPSA) is 34.1 Å². The van der Waals surface area contributed by atoms with Gasteiger partial charge < -0.3 is 0 Å². The zero-order valence-electron chi connectivity index (χ0n) is 9.32. The van der Waals surface area contributed by atoms with Crippen LogP contribution >= 0.6 is 0 Å². The van der Waals surface area contributed by atoms with Gasteiger partial charge in [0.25, 0.3) is 0 Å². The lowest BCUT2D eigenvalue weighted by molar-refractivity contribution is 0.602. The van der Waals surface area contributed by atoms with Crippen LogP contribution in [0.4, 0.5) is 0 Å². The Morgan fingerprint density at radius 2 is 1.80 bits per heavy atom. The molecule has 1 aromatic rings. The van der Waals surface area contributed by atoms with Gasteiger partial charge in [-0.15, -0.1) is 0 Å². The number of aryl methyl sites for hydroxylation is 1. The molecule has 3 heteroatoms. The average Bonchev–Trinajstić information content (AvgIpc) is 2.18. The molecule has 0 saturated heterocycles. The maximum Gasteiger partial charge on any atom is 0.202 e. The van der Waals surface area contributed by atoms with E-state index in [0.29, 0.717) is 9.80 Å². The predicted octanol–water partition coefficient (Wildman–Crippen LogP) is 3.08. The number of rotatable bonds is 3. The van der Waals surface area contributed by atoms with Gasteiger partial charge in [-0.05, 0) is 32.4 Å². The van der Waals surface area contributed by atoms with E-state index >= 15 is 0 Å². The molecule has 0 amide bonds. The summed E-state index contributed by atoms with van der Waals surface area (Å²) in [6, 6.07) is 6.92. The van der Waals surface area contributed by atoms with E-state index in [-0.39, 0.29) is 0 Å². The molecule has 2 nitrogen and oxygen atoms in total. The molecule has 0 aromatic heterocycles. The van der Waals surface area contributed by atoms with Gasteiger partial charge in [0, 0.05) is 4.91 Å². The van der Waals surface area contributed by atoms with Gasteiger partial charge in [0.15, 0.2) is 0 Å². The minimum Gasteiger partial charge on any atom is -0.219 e. The third-order valence-corrected chi connectivity index (χ3v) is 4.15. The Bertz CT molecular complexity index is 453. The molecule has 15 heavy (non-hydrogen) atoms. The lowest BCUT2D eigenvalue weighted by atomic mass is 10.2. The van der Waals surface area contributed by atoms with E-state index in [9.17, 15) is 8.42 Å². The van der Waals surface area contributed by atoms with Crippen molar-refractivity contribution >= 4 is 9.84 Å². The number of hydrogen-bond donors (Lipinski definition) is 0. The summed E-state index contributed by atoms with van der Waals surface area (Å²) >= 11 is 0. The number of hydrogen-bond acceptors (Lipinski definition) is 2. The molecular weight excluding hydrogens is 208 g/mol. The fraction of sp³-hybridized carbons (Fsp3) is 0.333. The van der Waals surface area contributed by atoms with Crippen LogP contribution in [0.1, 0.15) is 25.8 Å². The Morgan fingerprint density at radius 1 is 1.27 bits per heavy atom. The average molecular weight is 224 g/mol. The number of sulfone groups is 1. The van der Waals surface area contributed by atoms with Crippen LogP contribution in [0.15, 0.2) is 40.1 Å². The van der Waals surface area contributed by atoms with E-state index in [0.717, 1.165) is 12.0 Å². The van der Waals surface area contributed by atoms with Crippen LogP contribution in [0.3, 0.4) is 0 Å². The smallest absolute Gasteiger partial charge is 0.202 e. The minimum atomic E-state index is -3.26. The van der Waals surface area contributed by atoms with Crippen LogP contribution < -0.4 is 0 Å². The van der Waals surface area contributed by atoms with Crippen molar-refractivity contribution in [2.75, 3.05) is 0 Å². The molecule has 0 fully saturated rings. The largest absolute Gasteiger partial charge is 0.219 e. The molecule has 0 N–H and O–H groups in total. The molecule has 0 spiro atoms. The van der Waals surface area contributed by atoms with Crippen LogP contribution in [-0.2, 0) is 9.84 Å². The summed E-state index contributed by atoms with van der Waals surface area (Å²) in [6.45, 7) is 5.50. The molecule has 0 aliphatic carbocycles. The molecule has 0 radical (unpaired) electrons. The van der Waals surface area contributed by atoms with Crippen molar-refractivity contribution in [3.8, 4) is 0 Å². The minimum absolute atomic E-state index is 0.371. The van der Waals surface area contributed by atoms with Gasteiger partial charge in [0.05, 0.1) is 4.90 Å². The molecule has 0 aliphatic heterocycles. The van der Waals surface area contributed by atoms with E-state index in [1.165, 1.54) is 0 Å². The van der Waals surface area contributed by atoms with Crippen molar-refractivity contribution in [1.29, 1.82) is 0 Å². The van der Waals surface area contributed by atoms with E-state index in [1.54, 1.807) is 25.1 Å². The predicted molar refractivity (Wildman–Crippen MR) is 62.4 cm³/mol. The highest BCUT2D eigenvalue weighted by molar-refractivity contribution is 7.95. The number of benzene rings is 1. The van der Waals surface area contributed by atoms with Gasteiger partial charge in [-0.2, -0.15) is 0 Å². The summed E-state index contributed by atoms with van der Waals surface area (Å²) in [4.78, 5) is 0.796. The Balaban J connectivity index is 3.18. The molecule has 1 aromatic carbocycles. The van der Waals surface area contributed by atoms with Crippen LogP contribution in [0, 0.1) is 6.92 Å². The Hall–Kier alpha value is -1.09. The Morgan fingerprint density at radius 3 is 2.27 bits per heavy atom. The second-order valence-corrected chi connectivity index (χ2v) is 5.66. The molecule has 0 saturated carbocycles. The van der Waals surface area contributed by atoms with Gasteiger partial charge >= 0.3 is 0 Å². The Kier molecular flexibility index (Phi) is 3.69. The first-order valence-corrected chi connectivity index (χ1v) is 6.45. The monoisotopic (exact) mass is 224 g/mol. The van der Waals surface area contributed by atoms with Gasteiger partial charge in [-0.25, -0.2) is 8.42 Å². The quantitative estimate of drug-likeness (QED) is 0.790. The molecule has 0 atom stereocenters. The third-order valence-electron chi connectivity index (χ3n) is 2.25. The van der Waals surface area contributed by atoms with E-state index in [2.05, 4.69) is 0 Å². The van der Waals surface area contributed by atoms with Gasteiger partial charge in [0.1, 0.15) is 0 Å². The third kappa shape index (κ3) is 2.69. The maximum atomic E-state index is 12.0. The Labute approximate surface area is 91.6 Å². The summed E-state index contributed by atoms with van der Waals surface area (Å²) in [5.41, 5.74) is 1.06. The first-order valence-electron chi connectivity index (χ1n) is 4.97. The second-order valence-electron chi connectivity index (χ2n) is 3.54. The second kappa shape index (κ2) is 4.62. The fourth-order valence-corrected chi connectivity index (χ4v) is 2.55. The standard InChI is InChI=1S/C12H16O2S/c1-4-5-11(3)15(13,14)12-8-6-10(2)7-9-12/h5-9H,4H2,1-3H3/b11-5-. The highest BCUT2D eigenvalue weighted by Crippen LogP contribution is 2.19. The van der Waals surface area contributed by atoms with E-state index in [4.69, 9.17) is 0 Å².